The molecule has 3 heterocycles. The molecule has 2 aromatic heterocycles. The Hall–Kier alpha value is -2.41. The van der Waals surface area contributed by atoms with Crippen LogP contribution in [-0.4, -0.2) is 44.6 Å². The third-order valence-corrected chi connectivity index (χ3v) is 5.81. The first-order chi connectivity index (χ1) is 13.2. The third-order valence-electron chi connectivity index (χ3n) is 5.81. The van der Waals surface area contributed by atoms with Crippen LogP contribution in [-0.2, 0) is 13.0 Å². The van der Waals surface area contributed by atoms with Gasteiger partial charge in [0, 0.05) is 36.3 Å². The maximum Gasteiger partial charge on any atom is 0.140 e. The van der Waals surface area contributed by atoms with Gasteiger partial charge in [-0.3, -0.25) is 0 Å². The number of pyridine rings is 1. The molecule has 0 saturated heterocycles. The zero-order valence-corrected chi connectivity index (χ0v) is 15.0. The lowest BCUT2D eigenvalue weighted by Gasteiger charge is -2.24. The summed E-state index contributed by atoms with van der Waals surface area (Å²) >= 11 is 0. The maximum atomic E-state index is 10.7. The molecule has 0 bridgehead atoms. The van der Waals surface area contributed by atoms with Crippen LogP contribution in [0, 0.1) is 0 Å². The number of hydrogen-bond donors (Lipinski definition) is 3. The zero-order valence-electron chi connectivity index (χ0n) is 15.0. The minimum absolute atomic E-state index is 0.268. The normalized spacial score (nSPS) is 27.6. The van der Waals surface area contributed by atoms with Crippen LogP contribution in [0.15, 0.2) is 48.8 Å². The van der Waals surface area contributed by atoms with Crippen molar-refractivity contribution in [3.63, 3.8) is 0 Å². The zero-order chi connectivity index (χ0) is 18.4. The van der Waals surface area contributed by atoms with Crippen molar-refractivity contribution in [3.8, 4) is 5.75 Å². The van der Waals surface area contributed by atoms with E-state index in [0.29, 0.717) is 6.42 Å². The Morgan fingerprint density at radius 1 is 1.11 bits per heavy atom. The van der Waals surface area contributed by atoms with Crippen molar-refractivity contribution < 1.29 is 14.9 Å². The molecule has 3 aromatic rings. The fourth-order valence-corrected chi connectivity index (χ4v) is 4.37. The number of hydrogen-bond acceptors (Lipinski definition) is 5. The van der Waals surface area contributed by atoms with Gasteiger partial charge in [0.1, 0.15) is 29.7 Å². The molecular formula is C21H23N3O3. The van der Waals surface area contributed by atoms with Gasteiger partial charge in [0.15, 0.2) is 0 Å². The second-order valence-electron chi connectivity index (χ2n) is 7.40. The van der Waals surface area contributed by atoms with Gasteiger partial charge in [-0.2, -0.15) is 0 Å². The summed E-state index contributed by atoms with van der Waals surface area (Å²) in [5.74, 6) is 0.798. The largest absolute Gasteiger partial charge is 0.487 e. The highest BCUT2D eigenvalue weighted by Crippen LogP contribution is 2.37. The van der Waals surface area contributed by atoms with Crippen molar-refractivity contribution in [3.05, 3.63) is 59.9 Å². The van der Waals surface area contributed by atoms with Gasteiger partial charge in [-0.05, 0) is 42.8 Å². The highest BCUT2D eigenvalue weighted by atomic mass is 16.5. The maximum absolute atomic E-state index is 10.7. The molecule has 5 rings (SSSR count). The Morgan fingerprint density at radius 2 is 2.04 bits per heavy atom. The van der Waals surface area contributed by atoms with Crippen LogP contribution < -0.4 is 10.1 Å². The van der Waals surface area contributed by atoms with Crippen molar-refractivity contribution >= 4 is 11.0 Å². The van der Waals surface area contributed by atoms with Crippen LogP contribution in [0.4, 0.5) is 0 Å². The minimum atomic E-state index is -0.941. The van der Waals surface area contributed by atoms with E-state index in [-0.39, 0.29) is 6.04 Å². The van der Waals surface area contributed by atoms with E-state index in [9.17, 15) is 10.2 Å². The van der Waals surface area contributed by atoms with Crippen LogP contribution in [0.3, 0.4) is 0 Å². The van der Waals surface area contributed by atoms with Crippen LogP contribution in [0.1, 0.15) is 23.6 Å². The van der Waals surface area contributed by atoms with E-state index in [0.717, 1.165) is 41.9 Å². The fraction of sp³-hybridized carbons (Fsp3) is 0.381. The number of nitrogens with zero attached hydrogens (tertiary/aromatic N) is 2. The van der Waals surface area contributed by atoms with Crippen molar-refractivity contribution in [1.82, 2.24) is 14.9 Å². The molecule has 140 valence electrons. The molecule has 4 atom stereocenters. The summed E-state index contributed by atoms with van der Waals surface area (Å²) < 4.78 is 8.17. The number of ether oxygens (including phenoxy) is 1. The fourth-order valence-electron chi connectivity index (χ4n) is 4.37. The van der Waals surface area contributed by atoms with Gasteiger partial charge < -0.3 is 24.8 Å². The molecule has 1 aliphatic heterocycles. The van der Waals surface area contributed by atoms with E-state index in [1.54, 1.807) is 6.20 Å². The van der Waals surface area contributed by atoms with Crippen molar-refractivity contribution in [1.29, 1.82) is 0 Å². The standard InChI is InChI=1S/C21H23N3O3/c25-19-16(24-10-7-14-4-2-8-23-21(14)24)11-18(20(19)26)27-17-5-1-3-13-6-9-22-12-15(13)17/h1-5,7-8,10,16,18-20,22,25-26H,6,9,11-12H2/t16-,18+,19+,20-/m1/s1. The first-order valence-electron chi connectivity index (χ1n) is 9.48. The minimum Gasteiger partial charge on any atom is -0.487 e. The number of benzene rings is 1. The summed E-state index contributed by atoms with van der Waals surface area (Å²) in [6.07, 6.45) is 2.88. The molecule has 27 heavy (non-hydrogen) atoms. The summed E-state index contributed by atoms with van der Waals surface area (Å²) in [5, 5.41) is 25.7. The molecule has 0 spiro atoms. The molecule has 1 fully saturated rings. The van der Waals surface area contributed by atoms with E-state index in [1.165, 1.54) is 5.56 Å². The topological polar surface area (TPSA) is 79.5 Å². The Balaban J connectivity index is 1.42. The molecule has 1 aliphatic carbocycles. The summed E-state index contributed by atoms with van der Waals surface area (Å²) in [5.41, 5.74) is 3.26. The van der Waals surface area contributed by atoms with Gasteiger partial charge in [0.25, 0.3) is 0 Å². The predicted octanol–water partition coefficient (Wildman–Crippen LogP) is 1.80. The molecule has 0 amide bonds. The lowest BCUT2D eigenvalue weighted by molar-refractivity contribution is -0.0166. The van der Waals surface area contributed by atoms with Crippen LogP contribution in [0.25, 0.3) is 11.0 Å². The van der Waals surface area contributed by atoms with Crippen LogP contribution in [0.5, 0.6) is 5.75 Å². The quantitative estimate of drug-likeness (QED) is 0.660. The van der Waals surface area contributed by atoms with Crippen LogP contribution in [0.2, 0.25) is 0 Å². The molecule has 6 nitrogen and oxygen atoms in total. The smallest absolute Gasteiger partial charge is 0.140 e. The first kappa shape index (κ1) is 16.7. The number of aliphatic hydroxyl groups is 2. The van der Waals surface area contributed by atoms with Crippen LogP contribution >= 0.6 is 0 Å². The number of fused-ring (bicyclic) bond motifs is 2. The van der Waals surface area contributed by atoms with Crippen molar-refractivity contribution in [2.75, 3.05) is 6.54 Å². The number of nitrogens with one attached hydrogen (secondary N) is 1. The monoisotopic (exact) mass is 365 g/mol. The van der Waals surface area contributed by atoms with E-state index < -0.39 is 18.3 Å². The molecule has 2 aliphatic rings. The summed E-state index contributed by atoms with van der Waals surface area (Å²) in [4.78, 5) is 4.43. The average Bonchev–Trinajstić information content (AvgIpc) is 3.25. The number of aromatic nitrogens is 2. The second kappa shape index (κ2) is 6.64. The lowest BCUT2D eigenvalue weighted by Crippen LogP contribution is -2.34. The Labute approximate surface area is 157 Å². The van der Waals surface area contributed by atoms with Gasteiger partial charge in [-0.1, -0.05) is 12.1 Å². The second-order valence-corrected chi connectivity index (χ2v) is 7.40. The Kier molecular flexibility index (Phi) is 4.11. The molecule has 1 saturated carbocycles. The molecule has 0 unspecified atom stereocenters. The SMILES string of the molecule is O[C@@H]1[C@H](O)[C@@H](Oc2cccc3c2CNCC3)C[C@H]1n1ccc2cccnc21. The van der Waals surface area contributed by atoms with E-state index in [4.69, 9.17) is 4.74 Å². The summed E-state index contributed by atoms with van der Waals surface area (Å²) in [7, 11) is 0. The third kappa shape index (κ3) is 2.81. The molecule has 6 heteroatoms. The van der Waals surface area contributed by atoms with Crippen molar-refractivity contribution in [2.24, 2.45) is 0 Å². The summed E-state index contributed by atoms with van der Waals surface area (Å²) in [6.45, 7) is 1.74. The molecular weight excluding hydrogens is 342 g/mol. The van der Waals surface area contributed by atoms with Gasteiger partial charge >= 0.3 is 0 Å². The summed E-state index contributed by atoms with van der Waals surface area (Å²) in [6, 6.07) is 11.7. The molecule has 0 radical (unpaired) electrons. The van der Waals surface area contributed by atoms with Crippen molar-refractivity contribution in [2.45, 2.75) is 43.7 Å². The number of aliphatic hydroxyl groups excluding tert-OH is 2. The first-order valence-corrected chi connectivity index (χ1v) is 9.48. The molecule has 3 N–H and O–H groups in total. The molecule has 1 aromatic carbocycles. The van der Waals surface area contributed by atoms with Gasteiger partial charge in [0.2, 0.25) is 0 Å². The predicted molar refractivity (Wildman–Crippen MR) is 102 cm³/mol. The number of rotatable bonds is 3. The average molecular weight is 365 g/mol. The highest BCUT2D eigenvalue weighted by molar-refractivity contribution is 5.75. The Morgan fingerprint density at radius 3 is 2.96 bits per heavy atom. The Bertz CT molecular complexity index is 970. The highest BCUT2D eigenvalue weighted by Gasteiger charge is 2.44. The van der Waals surface area contributed by atoms with Gasteiger partial charge in [0.05, 0.1) is 6.04 Å². The van der Waals surface area contributed by atoms with E-state index in [1.807, 2.05) is 41.1 Å². The van der Waals surface area contributed by atoms with Gasteiger partial charge in [-0.15, -0.1) is 0 Å². The van der Waals surface area contributed by atoms with E-state index >= 15 is 0 Å². The van der Waals surface area contributed by atoms with E-state index in [2.05, 4.69) is 16.4 Å². The lowest BCUT2D eigenvalue weighted by atomic mass is 10.0. The van der Waals surface area contributed by atoms with Gasteiger partial charge in [-0.25, -0.2) is 4.98 Å².